The lowest BCUT2D eigenvalue weighted by molar-refractivity contribution is -0.733. The van der Waals surface area contributed by atoms with Gasteiger partial charge in [0.15, 0.2) is 5.69 Å². The highest BCUT2D eigenvalue weighted by atomic mass is 32.2. The smallest absolute Gasteiger partial charge is 0.435 e. The number of rotatable bonds is 10. The van der Waals surface area contributed by atoms with Crippen molar-refractivity contribution in [3.05, 3.63) is 106 Å². The van der Waals surface area contributed by atoms with Crippen molar-refractivity contribution in [1.82, 2.24) is 24.4 Å². The van der Waals surface area contributed by atoms with Crippen LogP contribution in [0.4, 0.5) is 18.0 Å². The van der Waals surface area contributed by atoms with Gasteiger partial charge in [-0.05, 0) is 62.7 Å². The minimum absolute atomic E-state index is 0.0733. The molecule has 4 aromatic rings. The fourth-order valence-electron chi connectivity index (χ4n) is 5.35. The highest BCUT2D eigenvalue weighted by molar-refractivity contribution is 7.90. The second kappa shape index (κ2) is 13.4. The van der Waals surface area contributed by atoms with Crippen LogP contribution in [0.5, 0.6) is 0 Å². The van der Waals surface area contributed by atoms with Crippen LogP contribution in [-0.4, -0.2) is 76.4 Å². The number of imide groups is 1. The molecule has 1 unspecified atom stereocenters. The fourth-order valence-corrected chi connectivity index (χ4v) is 6.24. The Labute approximate surface area is 288 Å². The number of carbonyl (C=O) groups excluding carboxylic acids is 3. The van der Waals surface area contributed by atoms with Crippen molar-refractivity contribution >= 4 is 27.9 Å². The molecule has 1 aromatic heterocycles. The Kier molecular flexibility index (Phi) is 9.15. The molecule has 3 amide bonds. The molecule has 2 aliphatic heterocycles. The summed E-state index contributed by atoms with van der Waals surface area (Å²) in [5, 5.41) is 20.8. The maximum absolute atomic E-state index is 13.5. The third-order valence-electron chi connectivity index (χ3n) is 8.15. The standard InChI is InChI=1S/C32H28F3N7O8S/c1-19-7-9-21(10-8-19)27-17-28(32(33,34)35)36-41(27)22-11-13-24(14-12-22)51(47,48)37-31(45)49-18-23-15-16-39(23)42(46)38-50-20(2)40-29(43)25-5-3-4-6-26(25)30(40)44/h3-14,17,20,23H,15-16,18H2,1-2H3,(H,37,45)/b42-38-/t20?,23-/m0/s1. The molecular formula is C32H28F3N7O8S. The molecule has 0 aliphatic carbocycles. The zero-order valence-corrected chi connectivity index (χ0v) is 27.6. The van der Waals surface area contributed by atoms with Gasteiger partial charge in [0.1, 0.15) is 12.6 Å². The molecule has 0 spiro atoms. The number of nitrogens with zero attached hydrogens (tertiary/aromatic N) is 6. The quantitative estimate of drug-likeness (QED) is 0.103. The van der Waals surface area contributed by atoms with E-state index in [0.717, 1.165) is 38.4 Å². The summed E-state index contributed by atoms with van der Waals surface area (Å²) < 4.78 is 74.2. The number of hydrazine groups is 1. The van der Waals surface area contributed by atoms with Crippen LogP contribution in [-0.2, 0) is 25.8 Å². The van der Waals surface area contributed by atoms with E-state index in [1.807, 2.05) is 6.92 Å². The summed E-state index contributed by atoms with van der Waals surface area (Å²) in [6, 6.07) is 17.8. The Morgan fingerprint density at radius 3 is 2.25 bits per heavy atom. The van der Waals surface area contributed by atoms with Gasteiger partial charge in [0.2, 0.25) is 11.5 Å². The zero-order chi connectivity index (χ0) is 36.7. The molecule has 19 heteroatoms. The number of alkyl halides is 3. The van der Waals surface area contributed by atoms with E-state index < -0.39 is 58.7 Å². The van der Waals surface area contributed by atoms with E-state index in [9.17, 15) is 41.2 Å². The van der Waals surface area contributed by atoms with Crippen molar-refractivity contribution in [2.45, 2.75) is 43.6 Å². The summed E-state index contributed by atoms with van der Waals surface area (Å²) in [7, 11) is -4.48. The number of aromatic nitrogens is 2. The monoisotopic (exact) mass is 727 g/mol. The summed E-state index contributed by atoms with van der Waals surface area (Å²) in [5.41, 5.74) is 0.847. The number of halogens is 3. The topological polar surface area (TPSA) is 179 Å². The molecule has 0 bridgehead atoms. The summed E-state index contributed by atoms with van der Waals surface area (Å²) in [6.07, 6.45) is -6.93. The number of ether oxygens (including phenoxy) is 1. The molecule has 15 nitrogen and oxygen atoms in total. The Morgan fingerprint density at radius 2 is 1.69 bits per heavy atom. The minimum Gasteiger partial charge on any atom is -0.569 e. The summed E-state index contributed by atoms with van der Waals surface area (Å²) in [4.78, 5) is 43.3. The Morgan fingerprint density at radius 1 is 1.06 bits per heavy atom. The minimum atomic E-state index is -4.73. The average Bonchev–Trinajstić information content (AvgIpc) is 3.63. The summed E-state index contributed by atoms with van der Waals surface area (Å²) >= 11 is 0. The predicted octanol–water partition coefficient (Wildman–Crippen LogP) is 4.81. The number of benzene rings is 3. The number of fused-ring (bicyclic) bond motifs is 1. The number of hydrogen-bond acceptors (Lipinski definition) is 10. The van der Waals surface area contributed by atoms with Crippen molar-refractivity contribution in [2.24, 2.45) is 5.28 Å². The van der Waals surface area contributed by atoms with Gasteiger partial charge in [-0.2, -0.15) is 18.3 Å². The van der Waals surface area contributed by atoms with Gasteiger partial charge >= 0.3 is 12.3 Å². The molecule has 1 fully saturated rings. The van der Waals surface area contributed by atoms with Crippen LogP contribution < -0.4 is 4.72 Å². The zero-order valence-electron chi connectivity index (χ0n) is 26.8. The van der Waals surface area contributed by atoms with Crippen LogP contribution in [0.15, 0.2) is 89.0 Å². The molecule has 6 rings (SSSR count). The SMILES string of the molecule is Cc1ccc(-c2cc(C(F)(F)F)nn2-c2ccc(S(=O)(=O)NC(=O)OC[C@@H]3CCN3/[N+]([O-])=N/OC(C)N3C(=O)c4ccccc4C3=O)cc2)cc1. The van der Waals surface area contributed by atoms with Crippen molar-refractivity contribution in [2.75, 3.05) is 13.2 Å². The van der Waals surface area contributed by atoms with Crippen molar-refractivity contribution in [3.8, 4) is 16.9 Å². The molecular weight excluding hydrogens is 699 g/mol. The van der Waals surface area contributed by atoms with E-state index in [-0.39, 0.29) is 38.9 Å². The predicted molar refractivity (Wildman–Crippen MR) is 169 cm³/mol. The fraction of sp³-hybridized carbons (Fsp3) is 0.250. The van der Waals surface area contributed by atoms with E-state index in [4.69, 9.17) is 9.57 Å². The van der Waals surface area contributed by atoms with Crippen LogP contribution in [0, 0.1) is 12.1 Å². The highest BCUT2D eigenvalue weighted by Gasteiger charge is 2.41. The molecule has 2 aliphatic rings. The number of carbonyl (C=O) groups is 3. The largest absolute Gasteiger partial charge is 0.569 e. The average molecular weight is 728 g/mol. The first-order valence-corrected chi connectivity index (χ1v) is 16.7. The molecule has 1 N–H and O–H groups in total. The second-order valence-electron chi connectivity index (χ2n) is 11.6. The first-order valence-electron chi connectivity index (χ1n) is 15.3. The van der Waals surface area contributed by atoms with Gasteiger partial charge in [0.05, 0.1) is 38.9 Å². The van der Waals surface area contributed by atoms with Gasteiger partial charge in [0, 0.05) is 5.56 Å². The second-order valence-corrected chi connectivity index (χ2v) is 13.2. The molecule has 1 saturated heterocycles. The summed E-state index contributed by atoms with van der Waals surface area (Å²) in [5.74, 6) is -1.21. The third kappa shape index (κ3) is 7.05. The van der Waals surface area contributed by atoms with Gasteiger partial charge in [-0.1, -0.05) is 42.0 Å². The number of aryl methyl sites for hydroxylation is 1. The first-order chi connectivity index (χ1) is 24.1. The molecule has 2 atom stereocenters. The van der Waals surface area contributed by atoms with Crippen LogP contribution >= 0.6 is 0 Å². The Hall–Kier alpha value is -5.98. The van der Waals surface area contributed by atoms with E-state index in [1.54, 1.807) is 41.1 Å². The number of nitrogens with one attached hydrogen (secondary N) is 1. The van der Waals surface area contributed by atoms with Gasteiger partial charge < -0.3 is 14.8 Å². The molecule has 0 saturated carbocycles. The number of sulfonamides is 1. The first kappa shape index (κ1) is 34.9. The third-order valence-corrected chi connectivity index (χ3v) is 9.48. The molecule has 3 heterocycles. The molecule has 266 valence electrons. The Bertz CT molecular complexity index is 2100. The van der Waals surface area contributed by atoms with Crippen LogP contribution in [0.1, 0.15) is 45.3 Å². The molecule has 3 aromatic carbocycles. The maximum Gasteiger partial charge on any atom is 0.435 e. The molecule has 51 heavy (non-hydrogen) atoms. The van der Waals surface area contributed by atoms with E-state index in [1.165, 1.54) is 31.2 Å². The Balaban J connectivity index is 1.05. The summed E-state index contributed by atoms with van der Waals surface area (Å²) in [6.45, 7) is 2.96. The van der Waals surface area contributed by atoms with Crippen LogP contribution in [0.2, 0.25) is 0 Å². The maximum atomic E-state index is 13.5. The molecule has 0 radical (unpaired) electrons. The van der Waals surface area contributed by atoms with E-state index in [0.29, 0.717) is 12.0 Å². The van der Waals surface area contributed by atoms with Gasteiger partial charge in [-0.15, -0.1) is 5.01 Å². The highest BCUT2D eigenvalue weighted by Crippen LogP contribution is 2.33. The lowest BCUT2D eigenvalue weighted by Gasteiger charge is -2.34. The number of hydrogen-bond donors (Lipinski definition) is 1. The van der Waals surface area contributed by atoms with Crippen LogP contribution in [0.3, 0.4) is 0 Å². The van der Waals surface area contributed by atoms with Gasteiger partial charge in [-0.3, -0.25) is 9.59 Å². The van der Waals surface area contributed by atoms with Crippen molar-refractivity contribution < 1.29 is 50.5 Å². The normalized spacial score (nSPS) is 16.8. The van der Waals surface area contributed by atoms with E-state index >= 15 is 0 Å². The van der Waals surface area contributed by atoms with Crippen LogP contribution in [0.25, 0.3) is 16.9 Å². The van der Waals surface area contributed by atoms with E-state index in [2.05, 4.69) is 10.4 Å². The van der Waals surface area contributed by atoms with Crippen molar-refractivity contribution in [3.63, 3.8) is 0 Å². The van der Waals surface area contributed by atoms with Crippen molar-refractivity contribution in [1.29, 1.82) is 0 Å². The lowest BCUT2D eigenvalue weighted by atomic mass is 10.1. The number of amides is 3. The lowest BCUT2D eigenvalue weighted by Crippen LogP contribution is -2.54. The van der Waals surface area contributed by atoms with Gasteiger partial charge in [-0.25, -0.2) is 27.5 Å². The van der Waals surface area contributed by atoms with Gasteiger partial charge in [0.25, 0.3) is 21.8 Å².